The molecule has 0 spiro atoms. The van der Waals surface area contributed by atoms with Crippen LogP contribution in [0.1, 0.15) is 19.5 Å². The molecule has 0 aromatic carbocycles. The van der Waals surface area contributed by atoms with E-state index < -0.39 is 4.92 Å². The van der Waals surface area contributed by atoms with Crippen molar-refractivity contribution in [2.45, 2.75) is 26.8 Å². The Hall–Kier alpha value is -2.45. The van der Waals surface area contributed by atoms with Crippen molar-refractivity contribution >= 4 is 23.4 Å². The van der Waals surface area contributed by atoms with Crippen LogP contribution < -0.4 is 15.5 Å². The molecule has 0 aliphatic heterocycles. The maximum Gasteiger partial charge on any atom is 0.332 e. The van der Waals surface area contributed by atoms with Gasteiger partial charge in [0.25, 0.3) is 0 Å². The second kappa shape index (κ2) is 6.82. The lowest BCUT2D eigenvalue weighted by Crippen LogP contribution is -2.39. The number of carbonyl (C=O) groups excluding carboxylic acids is 1. The van der Waals surface area contributed by atoms with E-state index in [1.807, 2.05) is 13.8 Å². The zero-order chi connectivity index (χ0) is 16.2. The highest BCUT2D eigenvalue weighted by molar-refractivity contribution is 5.82. The van der Waals surface area contributed by atoms with Crippen LogP contribution in [0.3, 0.4) is 0 Å². The molecular weight excluding hydrogens is 276 g/mol. The van der Waals surface area contributed by atoms with Gasteiger partial charge in [-0.1, -0.05) is 0 Å². The highest BCUT2D eigenvalue weighted by atomic mass is 16.6. The zero-order valence-electron chi connectivity index (χ0n) is 12.8. The Morgan fingerprint density at radius 1 is 1.43 bits per heavy atom. The SMILES string of the molecule is CNc1nc(C)c([N+](=O)[O-])c(N(C)CC(=O)NC(C)C)n1. The van der Waals surface area contributed by atoms with E-state index >= 15 is 0 Å². The Bertz CT molecular complexity index is 546. The van der Waals surface area contributed by atoms with Gasteiger partial charge in [0.15, 0.2) is 0 Å². The van der Waals surface area contributed by atoms with E-state index in [1.54, 1.807) is 14.1 Å². The molecule has 1 amide bonds. The molecule has 0 fully saturated rings. The fourth-order valence-corrected chi connectivity index (χ4v) is 1.80. The van der Waals surface area contributed by atoms with Gasteiger partial charge in [-0.05, 0) is 20.8 Å². The van der Waals surface area contributed by atoms with Crippen LogP contribution in [0.4, 0.5) is 17.5 Å². The minimum atomic E-state index is -0.541. The molecule has 9 heteroatoms. The number of anilines is 2. The summed E-state index contributed by atoms with van der Waals surface area (Å²) in [5.74, 6) is 0.143. The molecule has 0 saturated carbocycles. The summed E-state index contributed by atoms with van der Waals surface area (Å²) in [4.78, 5) is 31.9. The maximum atomic E-state index is 11.8. The number of hydrogen-bond donors (Lipinski definition) is 2. The number of carbonyl (C=O) groups is 1. The summed E-state index contributed by atoms with van der Waals surface area (Å²) in [7, 11) is 3.20. The van der Waals surface area contributed by atoms with Crippen LogP contribution in [0.15, 0.2) is 0 Å². The van der Waals surface area contributed by atoms with Crippen molar-refractivity contribution in [3.8, 4) is 0 Å². The van der Waals surface area contributed by atoms with Crippen LogP contribution in [0, 0.1) is 17.0 Å². The van der Waals surface area contributed by atoms with E-state index in [-0.39, 0.29) is 41.6 Å². The van der Waals surface area contributed by atoms with Gasteiger partial charge in [0.1, 0.15) is 5.69 Å². The highest BCUT2D eigenvalue weighted by Gasteiger charge is 2.25. The van der Waals surface area contributed by atoms with Gasteiger partial charge in [-0.25, -0.2) is 4.98 Å². The van der Waals surface area contributed by atoms with Gasteiger partial charge in [-0.15, -0.1) is 0 Å². The molecule has 0 aliphatic carbocycles. The number of likely N-dealkylation sites (N-methyl/N-ethyl adjacent to an activating group) is 1. The molecule has 0 saturated heterocycles. The van der Waals surface area contributed by atoms with Crippen molar-refractivity contribution in [1.29, 1.82) is 0 Å². The van der Waals surface area contributed by atoms with E-state index in [0.29, 0.717) is 0 Å². The fraction of sp³-hybridized carbons (Fsp3) is 0.583. The lowest BCUT2D eigenvalue weighted by atomic mass is 10.3. The first-order valence-electron chi connectivity index (χ1n) is 6.47. The molecule has 21 heavy (non-hydrogen) atoms. The van der Waals surface area contributed by atoms with Gasteiger partial charge in [0, 0.05) is 20.1 Å². The van der Waals surface area contributed by atoms with Gasteiger partial charge < -0.3 is 15.5 Å². The average molecular weight is 296 g/mol. The smallest absolute Gasteiger partial charge is 0.332 e. The minimum absolute atomic E-state index is 0.000825. The van der Waals surface area contributed by atoms with E-state index in [1.165, 1.54) is 11.8 Å². The molecule has 0 atom stereocenters. The van der Waals surface area contributed by atoms with Crippen molar-refractivity contribution < 1.29 is 9.72 Å². The Kier molecular flexibility index (Phi) is 5.39. The summed E-state index contributed by atoms with van der Waals surface area (Å²) >= 11 is 0. The number of aromatic nitrogens is 2. The maximum absolute atomic E-state index is 11.8. The van der Waals surface area contributed by atoms with Crippen molar-refractivity contribution in [3.63, 3.8) is 0 Å². The first-order valence-corrected chi connectivity index (χ1v) is 6.47. The minimum Gasteiger partial charge on any atom is -0.357 e. The fourth-order valence-electron chi connectivity index (χ4n) is 1.80. The van der Waals surface area contributed by atoms with Crippen molar-refractivity contribution in [2.75, 3.05) is 30.9 Å². The molecule has 0 bridgehead atoms. The summed E-state index contributed by atoms with van der Waals surface area (Å²) in [5.41, 5.74) is 0.0410. The number of rotatable bonds is 6. The third-order valence-electron chi connectivity index (χ3n) is 2.64. The number of nitrogens with one attached hydrogen (secondary N) is 2. The zero-order valence-corrected chi connectivity index (χ0v) is 12.8. The van der Waals surface area contributed by atoms with Gasteiger partial charge in [-0.3, -0.25) is 14.9 Å². The van der Waals surface area contributed by atoms with Gasteiger partial charge in [0.05, 0.1) is 11.5 Å². The normalized spacial score (nSPS) is 10.4. The Morgan fingerprint density at radius 3 is 2.52 bits per heavy atom. The average Bonchev–Trinajstić information content (AvgIpc) is 2.35. The van der Waals surface area contributed by atoms with Gasteiger partial charge in [-0.2, -0.15) is 4.98 Å². The topological polar surface area (TPSA) is 113 Å². The monoisotopic (exact) mass is 296 g/mol. The predicted molar refractivity (Wildman–Crippen MR) is 79.5 cm³/mol. The first-order chi connectivity index (χ1) is 9.76. The second-order valence-electron chi connectivity index (χ2n) is 4.89. The van der Waals surface area contributed by atoms with E-state index in [0.717, 1.165) is 0 Å². The van der Waals surface area contributed by atoms with Crippen molar-refractivity contribution in [3.05, 3.63) is 15.8 Å². The van der Waals surface area contributed by atoms with E-state index in [4.69, 9.17) is 0 Å². The Labute approximate surface area is 122 Å². The summed E-state index contributed by atoms with van der Waals surface area (Å²) in [6.07, 6.45) is 0. The molecule has 1 aromatic heterocycles. The highest BCUT2D eigenvalue weighted by Crippen LogP contribution is 2.28. The number of nitro groups is 1. The lowest BCUT2D eigenvalue weighted by Gasteiger charge is -2.19. The van der Waals surface area contributed by atoms with Gasteiger partial charge >= 0.3 is 5.69 Å². The van der Waals surface area contributed by atoms with Crippen LogP contribution in [0.2, 0.25) is 0 Å². The molecule has 0 aliphatic rings. The standard InChI is InChI=1S/C12H20N6O3/c1-7(2)14-9(19)6-17(5)11-10(18(20)21)8(3)15-12(13-4)16-11/h7H,6H2,1-5H3,(H,14,19)(H,13,15,16). The quantitative estimate of drug-likeness (QED) is 0.586. The number of amides is 1. The summed E-state index contributed by atoms with van der Waals surface area (Å²) in [6, 6.07) is 0.000825. The van der Waals surface area contributed by atoms with E-state index in [2.05, 4.69) is 20.6 Å². The third kappa shape index (κ3) is 4.26. The van der Waals surface area contributed by atoms with Crippen molar-refractivity contribution in [2.24, 2.45) is 0 Å². The van der Waals surface area contributed by atoms with Crippen LogP contribution in [-0.4, -0.2) is 47.5 Å². The van der Waals surface area contributed by atoms with Crippen LogP contribution in [-0.2, 0) is 4.79 Å². The number of nitrogens with zero attached hydrogens (tertiary/aromatic N) is 4. The molecular formula is C12H20N6O3. The summed E-state index contributed by atoms with van der Waals surface area (Å²) in [6.45, 7) is 5.19. The van der Waals surface area contributed by atoms with Crippen molar-refractivity contribution in [1.82, 2.24) is 15.3 Å². The molecule has 2 N–H and O–H groups in total. The van der Waals surface area contributed by atoms with E-state index in [9.17, 15) is 14.9 Å². The largest absolute Gasteiger partial charge is 0.357 e. The molecule has 116 valence electrons. The third-order valence-corrected chi connectivity index (χ3v) is 2.64. The first kappa shape index (κ1) is 16.6. The summed E-state index contributed by atoms with van der Waals surface area (Å²) in [5, 5.41) is 16.7. The number of hydrogen-bond acceptors (Lipinski definition) is 7. The Balaban J connectivity index is 3.12. The molecule has 1 rings (SSSR count). The van der Waals surface area contributed by atoms with Gasteiger partial charge in [0.2, 0.25) is 17.7 Å². The molecule has 0 radical (unpaired) electrons. The molecule has 0 unspecified atom stereocenters. The lowest BCUT2D eigenvalue weighted by molar-refractivity contribution is -0.385. The Morgan fingerprint density at radius 2 is 2.05 bits per heavy atom. The predicted octanol–water partition coefficient (Wildman–Crippen LogP) is 0.696. The van der Waals surface area contributed by atoms with Crippen LogP contribution in [0.25, 0.3) is 0 Å². The molecule has 1 aromatic rings. The van der Waals surface area contributed by atoms with Crippen LogP contribution >= 0.6 is 0 Å². The summed E-state index contributed by atoms with van der Waals surface area (Å²) < 4.78 is 0. The van der Waals surface area contributed by atoms with Crippen LogP contribution in [0.5, 0.6) is 0 Å². The number of aryl methyl sites for hydroxylation is 1. The molecule has 1 heterocycles. The molecule has 9 nitrogen and oxygen atoms in total. The second-order valence-corrected chi connectivity index (χ2v) is 4.89.